The molecular weight excluding hydrogens is 456 g/mol. The first-order chi connectivity index (χ1) is 18.8. The van der Waals surface area contributed by atoms with E-state index in [4.69, 9.17) is 0 Å². The topological polar surface area (TPSA) is 0 Å². The molecule has 5 rings (SSSR count). The molecular formula is C38H30. The third-order valence-electron chi connectivity index (χ3n) is 6.29. The van der Waals surface area contributed by atoms with Crippen LogP contribution in [0.1, 0.15) is 44.5 Å². The quantitative estimate of drug-likeness (QED) is 0.191. The highest BCUT2D eigenvalue weighted by molar-refractivity contribution is 5.88. The second-order valence-corrected chi connectivity index (χ2v) is 9.09. The van der Waals surface area contributed by atoms with Crippen LogP contribution in [0.2, 0.25) is 0 Å². The van der Waals surface area contributed by atoms with Gasteiger partial charge in [-0.05, 0) is 56.6 Å². The molecule has 0 aliphatic rings. The molecule has 0 radical (unpaired) electrons. The number of rotatable bonds is 8. The maximum atomic E-state index is 2.27. The van der Waals surface area contributed by atoms with Crippen molar-refractivity contribution in [2.45, 2.75) is 0 Å². The molecule has 0 nitrogen and oxygen atoms in total. The Labute approximate surface area is 226 Å². The summed E-state index contributed by atoms with van der Waals surface area (Å²) in [5.41, 5.74) is 9.40. The summed E-state index contributed by atoms with van der Waals surface area (Å²) in [4.78, 5) is 0. The van der Waals surface area contributed by atoms with E-state index in [1.54, 1.807) is 0 Å². The van der Waals surface area contributed by atoms with Crippen LogP contribution in [0.4, 0.5) is 0 Å². The molecule has 0 heteroatoms. The smallest absolute Gasteiger partial charge is 0.0111 e. The second kappa shape index (κ2) is 12.9. The Morgan fingerprint density at radius 2 is 0.553 bits per heavy atom. The van der Waals surface area contributed by atoms with Gasteiger partial charge in [0.15, 0.2) is 0 Å². The minimum Gasteiger partial charge on any atom is -0.0622 e. The fraction of sp³-hybridized carbons (Fsp3) is 0. The van der Waals surface area contributed by atoms with Gasteiger partial charge in [-0.1, -0.05) is 170 Å². The van der Waals surface area contributed by atoms with E-state index in [0.29, 0.717) is 0 Å². The molecule has 0 bridgehead atoms. The lowest BCUT2D eigenvalue weighted by molar-refractivity contribution is 1.54. The van der Waals surface area contributed by atoms with Gasteiger partial charge in [-0.2, -0.15) is 0 Å². The Morgan fingerprint density at radius 3 is 0.921 bits per heavy atom. The summed E-state index contributed by atoms with van der Waals surface area (Å²) >= 11 is 0. The van der Waals surface area contributed by atoms with Crippen molar-refractivity contribution < 1.29 is 0 Å². The molecule has 182 valence electrons. The summed E-state index contributed by atoms with van der Waals surface area (Å²) in [7, 11) is 0. The van der Waals surface area contributed by atoms with Crippen molar-refractivity contribution in [1.29, 1.82) is 0 Å². The number of hydrogen-bond acceptors (Lipinski definition) is 0. The van der Waals surface area contributed by atoms with Crippen LogP contribution in [-0.2, 0) is 0 Å². The monoisotopic (exact) mass is 486 g/mol. The fourth-order valence-electron chi connectivity index (χ4n) is 4.29. The second-order valence-electron chi connectivity index (χ2n) is 9.09. The molecule has 0 saturated carbocycles. The predicted molar refractivity (Wildman–Crippen MR) is 168 cm³/mol. The van der Waals surface area contributed by atoms with Gasteiger partial charge < -0.3 is 0 Å². The summed E-state index contributed by atoms with van der Waals surface area (Å²) in [5, 5.41) is 0. The van der Waals surface area contributed by atoms with E-state index in [1.807, 2.05) is 24.3 Å². The minimum absolute atomic E-state index is 1.16. The van der Waals surface area contributed by atoms with Crippen molar-refractivity contribution in [2.75, 3.05) is 0 Å². The molecule has 38 heavy (non-hydrogen) atoms. The van der Waals surface area contributed by atoms with E-state index in [0.717, 1.165) is 5.56 Å². The molecule has 5 aromatic rings. The van der Waals surface area contributed by atoms with Crippen molar-refractivity contribution in [3.63, 3.8) is 0 Å². The molecule has 0 N–H and O–H groups in total. The SMILES string of the molecule is C(=Cc1cc(C=Cc2ccccc2)c(C=Cc2ccccc2)c(C=Cc2ccccc2)c1)c1ccccc1. The van der Waals surface area contributed by atoms with Gasteiger partial charge in [0.05, 0.1) is 0 Å². The first kappa shape index (κ1) is 24.7. The molecule has 5 aromatic carbocycles. The summed E-state index contributed by atoms with van der Waals surface area (Å²) in [6, 6.07) is 46.3. The van der Waals surface area contributed by atoms with Gasteiger partial charge in [-0.25, -0.2) is 0 Å². The average Bonchev–Trinajstić information content (AvgIpc) is 2.99. The van der Waals surface area contributed by atoms with Crippen molar-refractivity contribution in [3.05, 3.63) is 178 Å². The zero-order valence-electron chi connectivity index (χ0n) is 21.3. The van der Waals surface area contributed by atoms with Gasteiger partial charge in [0.25, 0.3) is 0 Å². The number of hydrogen-bond donors (Lipinski definition) is 0. The van der Waals surface area contributed by atoms with Crippen LogP contribution < -0.4 is 0 Å². The van der Waals surface area contributed by atoms with Gasteiger partial charge in [0.2, 0.25) is 0 Å². The molecule has 0 aliphatic carbocycles. The predicted octanol–water partition coefficient (Wildman–Crippen LogP) is 10.4. The number of benzene rings is 5. The molecule has 0 spiro atoms. The molecule has 0 fully saturated rings. The average molecular weight is 487 g/mol. The highest BCUT2D eigenvalue weighted by Crippen LogP contribution is 2.26. The molecule has 0 amide bonds. The molecule has 0 saturated heterocycles. The van der Waals surface area contributed by atoms with Crippen LogP contribution in [0.3, 0.4) is 0 Å². The van der Waals surface area contributed by atoms with Crippen LogP contribution in [0.15, 0.2) is 133 Å². The van der Waals surface area contributed by atoms with Gasteiger partial charge >= 0.3 is 0 Å². The lowest BCUT2D eigenvalue weighted by Gasteiger charge is -2.10. The maximum Gasteiger partial charge on any atom is -0.0111 e. The molecule has 0 aromatic heterocycles. The van der Waals surface area contributed by atoms with E-state index in [1.165, 1.54) is 38.9 Å². The first-order valence-corrected chi connectivity index (χ1v) is 12.9. The Balaban J connectivity index is 1.62. The highest BCUT2D eigenvalue weighted by atomic mass is 14.1. The van der Waals surface area contributed by atoms with E-state index < -0.39 is 0 Å². The molecule has 0 aliphatic heterocycles. The maximum absolute atomic E-state index is 2.27. The van der Waals surface area contributed by atoms with Crippen LogP contribution in [-0.4, -0.2) is 0 Å². The van der Waals surface area contributed by atoms with Gasteiger partial charge in [0.1, 0.15) is 0 Å². The normalized spacial score (nSPS) is 11.8. The summed E-state index contributed by atoms with van der Waals surface area (Å²) < 4.78 is 0. The van der Waals surface area contributed by atoms with E-state index >= 15 is 0 Å². The third kappa shape index (κ3) is 7.06. The summed E-state index contributed by atoms with van der Waals surface area (Å²) in [5.74, 6) is 0. The van der Waals surface area contributed by atoms with E-state index in [2.05, 4.69) is 158 Å². The fourth-order valence-corrected chi connectivity index (χ4v) is 4.29. The highest BCUT2D eigenvalue weighted by Gasteiger charge is 2.06. The van der Waals surface area contributed by atoms with Crippen molar-refractivity contribution in [1.82, 2.24) is 0 Å². The Kier molecular flexibility index (Phi) is 8.37. The van der Waals surface area contributed by atoms with Crippen LogP contribution in [0.25, 0.3) is 48.6 Å². The van der Waals surface area contributed by atoms with Crippen LogP contribution in [0, 0.1) is 0 Å². The van der Waals surface area contributed by atoms with Crippen LogP contribution in [0.5, 0.6) is 0 Å². The van der Waals surface area contributed by atoms with Crippen molar-refractivity contribution >= 4 is 48.6 Å². The standard InChI is InChI=1S/C38H30/c1-5-13-31(14-6-1)21-22-35-29-36(26-23-32-15-7-2-8-16-32)38(28-25-34-19-11-4-12-20-34)37(30-35)27-24-33-17-9-3-10-18-33/h1-30H. The van der Waals surface area contributed by atoms with E-state index in [9.17, 15) is 0 Å². The molecule has 0 heterocycles. The van der Waals surface area contributed by atoms with Gasteiger partial charge in [-0.3, -0.25) is 0 Å². The Hall–Kier alpha value is -4.94. The van der Waals surface area contributed by atoms with Gasteiger partial charge in [0, 0.05) is 0 Å². The van der Waals surface area contributed by atoms with Gasteiger partial charge in [-0.15, -0.1) is 0 Å². The van der Waals surface area contributed by atoms with Crippen LogP contribution >= 0.6 is 0 Å². The zero-order valence-corrected chi connectivity index (χ0v) is 21.3. The Morgan fingerprint density at radius 1 is 0.263 bits per heavy atom. The first-order valence-electron chi connectivity index (χ1n) is 12.9. The third-order valence-corrected chi connectivity index (χ3v) is 6.29. The van der Waals surface area contributed by atoms with E-state index in [-0.39, 0.29) is 0 Å². The lowest BCUT2D eigenvalue weighted by Crippen LogP contribution is -1.90. The Bertz CT molecular complexity index is 1480. The molecule has 0 unspecified atom stereocenters. The minimum atomic E-state index is 1.16. The zero-order chi connectivity index (χ0) is 25.8. The lowest BCUT2D eigenvalue weighted by atomic mass is 9.94. The summed E-state index contributed by atoms with van der Waals surface area (Å²) in [6.45, 7) is 0. The van der Waals surface area contributed by atoms with Crippen molar-refractivity contribution in [3.8, 4) is 0 Å². The molecule has 0 atom stereocenters. The van der Waals surface area contributed by atoms with Crippen molar-refractivity contribution in [2.24, 2.45) is 0 Å². The summed E-state index contributed by atoms with van der Waals surface area (Å²) in [6.07, 6.45) is 17.6. The largest absolute Gasteiger partial charge is 0.0622 e.